The predicted octanol–water partition coefficient (Wildman–Crippen LogP) is 2.47. The molecule has 0 aliphatic carbocycles. The fourth-order valence-corrected chi connectivity index (χ4v) is 2.99. The number of rotatable bonds is 3. The molecule has 1 fully saturated rings. The molecule has 0 amide bonds. The molecule has 0 saturated carbocycles. The molecule has 3 N–H and O–H groups in total. The first-order valence-electron chi connectivity index (χ1n) is 7.19. The van der Waals surface area contributed by atoms with E-state index in [2.05, 4.69) is 34.7 Å². The number of nitrogens with zero attached hydrogens (tertiary/aromatic N) is 1. The predicted molar refractivity (Wildman–Crippen MR) is 80.1 cm³/mol. The lowest BCUT2D eigenvalue weighted by Gasteiger charge is -2.30. The fourth-order valence-electron chi connectivity index (χ4n) is 2.99. The molecule has 1 aromatic carbocycles. The van der Waals surface area contributed by atoms with Crippen LogP contribution < -0.4 is 11.3 Å². The fraction of sp³-hybridized carbons (Fsp3) is 0.438. The van der Waals surface area contributed by atoms with E-state index in [0.717, 1.165) is 37.3 Å². The number of hydrazine groups is 1. The molecule has 0 bridgehead atoms. The molecule has 3 rings (SSSR count). The number of nitrogens with one attached hydrogen (secondary N) is 1. The van der Waals surface area contributed by atoms with E-state index in [-0.39, 0.29) is 6.04 Å². The summed E-state index contributed by atoms with van der Waals surface area (Å²) in [6, 6.07) is 10.8. The molecule has 2 heterocycles. The number of hydrogen-bond acceptors (Lipinski definition) is 4. The summed E-state index contributed by atoms with van der Waals surface area (Å²) < 4.78 is 5.44. The van der Waals surface area contributed by atoms with E-state index >= 15 is 0 Å². The molecule has 2 aromatic rings. The van der Waals surface area contributed by atoms with Crippen molar-refractivity contribution in [2.45, 2.75) is 25.8 Å². The van der Waals surface area contributed by atoms with Crippen LogP contribution in [0, 0.1) is 12.8 Å². The highest BCUT2D eigenvalue weighted by atomic mass is 16.5. The highest BCUT2D eigenvalue weighted by molar-refractivity contribution is 5.79. The summed E-state index contributed by atoms with van der Waals surface area (Å²) in [5, 5.41) is 1.17. The average molecular weight is 271 g/mol. The van der Waals surface area contributed by atoms with E-state index in [4.69, 9.17) is 10.6 Å². The van der Waals surface area contributed by atoms with Gasteiger partial charge in [0.15, 0.2) is 0 Å². The minimum Gasteiger partial charge on any atom is -0.381 e. The number of benzene rings is 1. The van der Waals surface area contributed by atoms with Gasteiger partial charge in [0.1, 0.15) is 0 Å². The van der Waals surface area contributed by atoms with Gasteiger partial charge in [-0.1, -0.05) is 12.1 Å². The second-order valence-corrected chi connectivity index (χ2v) is 5.50. The Kier molecular flexibility index (Phi) is 3.96. The number of fused-ring (bicyclic) bond motifs is 1. The quantitative estimate of drug-likeness (QED) is 0.665. The van der Waals surface area contributed by atoms with Gasteiger partial charge in [0.25, 0.3) is 0 Å². The van der Waals surface area contributed by atoms with Gasteiger partial charge in [0.2, 0.25) is 0 Å². The summed E-state index contributed by atoms with van der Waals surface area (Å²) in [5.41, 5.74) is 6.31. The number of aromatic nitrogens is 1. The molecule has 1 aromatic heterocycles. The third-order valence-corrected chi connectivity index (χ3v) is 4.13. The van der Waals surface area contributed by atoms with E-state index < -0.39 is 0 Å². The molecule has 4 nitrogen and oxygen atoms in total. The van der Waals surface area contributed by atoms with Gasteiger partial charge in [0, 0.05) is 30.3 Å². The van der Waals surface area contributed by atoms with Crippen molar-refractivity contribution in [2.75, 3.05) is 13.2 Å². The monoisotopic (exact) mass is 271 g/mol. The van der Waals surface area contributed by atoms with Crippen LogP contribution >= 0.6 is 0 Å². The number of pyridine rings is 1. The number of ether oxygens (including phenoxy) is 1. The van der Waals surface area contributed by atoms with Gasteiger partial charge in [-0.25, -0.2) is 0 Å². The maximum atomic E-state index is 5.80. The van der Waals surface area contributed by atoms with Crippen LogP contribution in [0.15, 0.2) is 30.3 Å². The van der Waals surface area contributed by atoms with Crippen LogP contribution in [-0.4, -0.2) is 18.2 Å². The van der Waals surface area contributed by atoms with Crippen LogP contribution in [0.1, 0.15) is 30.1 Å². The Labute approximate surface area is 119 Å². The summed E-state index contributed by atoms with van der Waals surface area (Å²) in [6.07, 6.45) is 2.11. The Morgan fingerprint density at radius 2 is 2.05 bits per heavy atom. The average Bonchev–Trinajstić information content (AvgIpc) is 2.49. The zero-order valence-corrected chi connectivity index (χ0v) is 11.8. The third kappa shape index (κ3) is 2.68. The largest absolute Gasteiger partial charge is 0.381 e. The first kappa shape index (κ1) is 13.5. The van der Waals surface area contributed by atoms with Crippen LogP contribution in [-0.2, 0) is 4.74 Å². The lowest BCUT2D eigenvalue weighted by atomic mass is 9.87. The lowest BCUT2D eigenvalue weighted by Crippen LogP contribution is -2.36. The zero-order chi connectivity index (χ0) is 13.9. The first-order chi connectivity index (χ1) is 9.78. The summed E-state index contributed by atoms with van der Waals surface area (Å²) >= 11 is 0. The van der Waals surface area contributed by atoms with E-state index in [1.165, 1.54) is 10.9 Å². The smallest absolute Gasteiger partial charge is 0.0705 e. The Balaban J connectivity index is 1.92. The Morgan fingerprint density at radius 3 is 2.80 bits per heavy atom. The SMILES string of the molecule is Cc1ccc2cc(C(NN)C3CCOCC3)ccc2n1. The van der Waals surface area contributed by atoms with Crippen molar-refractivity contribution in [3.63, 3.8) is 0 Å². The molecule has 20 heavy (non-hydrogen) atoms. The van der Waals surface area contributed by atoms with Crippen molar-refractivity contribution < 1.29 is 4.74 Å². The van der Waals surface area contributed by atoms with Gasteiger partial charge < -0.3 is 4.74 Å². The number of aryl methyl sites for hydroxylation is 1. The molecule has 4 heteroatoms. The van der Waals surface area contributed by atoms with Crippen molar-refractivity contribution in [1.82, 2.24) is 10.4 Å². The molecule has 1 unspecified atom stereocenters. The second kappa shape index (κ2) is 5.87. The van der Waals surface area contributed by atoms with Crippen LogP contribution in [0.2, 0.25) is 0 Å². The molecule has 0 radical (unpaired) electrons. The summed E-state index contributed by atoms with van der Waals surface area (Å²) in [7, 11) is 0. The van der Waals surface area contributed by atoms with Gasteiger partial charge in [0.05, 0.1) is 5.52 Å². The van der Waals surface area contributed by atoms with Gasteiger partial charge >= 0.3 is 0 Å². The summed E-state index contributed by atoms with van der Waals surface area (Å²) in [5.74, 6) is 6.33. The number of hydrogen-bond donors (Lipinski definition) is 2. The van der Waals surface area contributed by atoms with Crippen LogP contribution in [0.25, 0.3) is 10.9 Å². The second-order valence-electron chi connectivity index (χ2n) is 5.50. The highest BCUT2D eigenvalue weighted by Crippen LogP contribution is 2.30. The van der Waals surface area contributed by atoms with Crippen LogP contribution in [0.4, 0.5) is 0 Å². The third-order valence-electron chi connectivity index (χ3n) is 4.13. The molecule has 1 aliphatic rings. The molecule has 1 atom stereocenters. The van der Waals surface area contributed by atoms with Crippen molar-refractivity contribution in [1.29, 1.82) is 0 Å². The Bertz CT molecular complexity index is 593. The maximum absolute atomic E-state index is 5.80. The summed E-state index contributed by atoms with van der Waals surface area (Å²) in [4.78, 5) is 4.54. The molecular weight excluding hydrogens is 250 g/mol. The Morgan fingerprint density at radius 1 is 1.25 bits per heavy atom. The van der Waals surface area contributed by atoms with Crippen LogP contribution in [0.5, 0.6) is 0 Å². The minimum absolute atomic E-state index is 0.185. The molecule has 1 saturated heterocycles. The molecule has 0 spiro atoms. The van der Waals surface area contributed by atoms with E-state index in [0.29, 0.717) is 5.92 Å². The van der Waals surface area contributed by atoms with Crippen molar-refractivity contribution in [2.24, 2.45) is 11.8 Å². The van der Waals surface area contributed by atoms with Gasteiger partial charge in [-0.3, -0.25) is 16.3 Å². The zero-order valence-electron chi connectivity index (χ0n) is 11.8. The molecular formula is C16H21N3O. The minimum atomic E-state index is 0.185. The van der Waals surface area contributed by atoms with Gasteiger partial charge in [-0.15, -0.1) is 0 Å². The van der Waals surface area contributed by atoms with Gasteiger partial charge in [-0.2, -0.15) is 0 Å². The summed E-state index contributed by atoms with van der Waals surface area (Å²) in [6.45, 7) is 3.67. The van der Waals surface area contributed by atoms with Crippen molar-refractivity contribution in [3.05, 3.63) is 41.6 Å². The van der Waals surface area contributed by atoms with Crippen molar-refractivity contribution >= 4 is 10.9 Å². The standard InChI is InChI=1S/C16H21N3O/c1-11-2-3-13-10-14(4-5-15(13)18-11)16(19-17)12-6-8-20-9-7-12/h2-5,10,12,16,19H,6-9,17H2,1H3. The number of nitrogens with two attached hydrogens (primary N) is 1. The highest BCUT2D eigenvalue weighted by Gasteiger charge is 2.24. The lowest BCUT2D eigenvalue weighted by molar-refractivity contribution is 0.0536. The normalized spacial score (nSPS) is 18.3. The topological polar surface area (TPSA) is 60.2 Å². The van der Waals surface area contributed by atoms with E-state index in [1.54, 1.807) is 0 Å². The maximum Gasteiger partial charge on any atom is 0.0705 e. The molecule has 1 aliphatic heterocycles. The Hall–Kier alpha value is -1.49. The van der Waals surface area contributed by atoms with Crippen molar-refractivity contribution in [3.8, 4) is 0 Å². The van der Waals surface area contributed by atoms with E-state index in [1.807, 2.05) is 13.0 Å². The van der Waals surface area contributed by atoms with E-state index in [9.17, 15) is 0 Å². The molecule has 106 valence electrons. The van der Waals surface area contributed by atoms with Crippen LogP contribution in [0.3, 0.4) is 0 Å². The first-order valence-corrected chi connectivity index (χ1v) is 7.19. The van der Waals surface area contributed by atoms with Gasteiger partial charge in [-0.05, 0) is 49.4 Å².